The molecule has 4 rings (SSSR count). The van der Waals surface area contributed by atoms with E-state index in [1.54, 1.807) is 0 Å². The Kier molecular flexibility index (Phi) is 15.5. The zero-order valence-corrected chi connectivity index (χ0v) is 45.6. The topological polar surface area (TPSA) is 99.5 Å². The molecule has 2 aliphatic heterocycles. The summed E-state index contributed by atoms with van der Waals surface area (Å²) in [5.74, 6) is -1.88. The maximum Gasteiger partial charge on any atom is 0.320 e. The number of hydrogen-bond acceptors (Lipinski definition) is 8. The lowest BCUT2D eigenvalue weighted by atomic mass is 9.70. The molecule has 2 aliphatic rings. The predicted octanol–water partition coefficient (Wildman–Crippen LogP) is 13.8. The van der Waals surface area contributed by atoms with Gasteiger partial charge in [-0.25, -0.2) is 0 Å². The van der Waals surface area contributed by atoms with Gasteiger partial charge in [0.15, 0.2) is 5.92 Å². The van der Waals surface area contributed by atoms with E-state index < -0.39 is 51.7 Å². The molecule has 2 aromatic rings. The molecule has 0 aromatic heterocycles. The molecule has 2 fully saturated rings. The Morgan fingerprint density at radius 3 is 1.02 bits per heavy atom. The highest BCUT2D eigenvalue weighted by Crippen LogP contribution is 2.51. The van der Waals surface area contributed by atoms with Crippen LogP contribution in [0, 0.1) is 17.8 Å². The molecule has 2 atom stereocenters. The summed E-state index contributed by atoms with van der Waals surface area (Å²) in [5, 5.41) is 23.7. The van der Waals surface area contributed by atoms with Crippen LogP contribution in [0.3, 0.4) is 0 Å². The average molecular weight is 903 g/mol. The Morgan fingerprint density at radius 2 is 0.800 bits per heavy atom. The second-order valence-electron chi connectivity index (χ2n) is 27.0. The molecule has 0 radical (unpaired) electrons. The quantitative estimate of drug-likeness (QED) is 0.170. The minimum absolute atomic E-state index is 0.0757. The van der Waals surface area contributed by atoms with Gasteiger partial charge in [0.05, 0.1) is 0 Å². The van der Waals surface area contributed by atoms with E-state index in [4.69, 9.17) is 9.47 Å². The zero-order valence-electron chi connectivity index (χ0n) is 45.6. The van der Waals surface area contributed by atoms with E-state index in [9.17, 15) is 10.2 Å². The van der Waals surface area contributed by atoms with Crippen molar-refractivity contribution < 1.29 is 29.3 Å². The molecule has 8 heteroatoms. The molecular formula is C57H94N2O6. The van der Waals surface area contributed by atoms with Gasteiger partial charge in [0.25, 0.3) is 0 Å². The summed E-state index contributed by atoms with van der Waals surface area (Å²) in [5.41, 5.74) is 2.49. The first-order chi connectivity index (χ1) is 29.2. The lowest BCUT2D eigenvalue weighted by Crippen LogP contribution is -2.59. The fourth-order valence-electron chi connectivity index (χ4n) is 11.3. The normalized spacial score (nSPS) is 21.4. The lowest BCUT2D eigenvalue weighted by molar-refractivity contribution is -0.177. The number of phenols is 2. The Labute approximate surface area is 397 Å². The van der Waals surface area contributed by atoms with Crippen LogP contribution in [-0.4, -0.2) is 68.2 Å². The first kappa shape index (κ1) is 54.5. The second-order valence-corrected chi connectivity index (χ2v) is 27.0. The van der Waals surface area contributed by atoms with E-state index in [1.165, 1.54) is 0 Å². The highest BCUT2D eigenvalue weighted by atomic mass is 16.6. The number of hydrogen-bond donors (Lipinski definition) is 2. The fourth-order valence-corrected chi connectivity index (χ4v) is 11.3. The maximum atomic E-state index is 15.3. The lowest BCUT2D eigenvalue weighted by Gasteiger charge is -2.55. The summed E-state index contributed by atoms with van der Waals surface area (Å²) in [6.45, 7) is 45.3. The van der Waals surface area contributed by atoms with E-state index in [0.717, 1.165) is 65.5 Å². The maximum absolute atomic E-state index is 15.3. The van der Waals surface area contributed by atoms with Gasteiger partial charge < -0.3 is 19.7 Å². The Balaban J connectivity index is 1.94. The van der Waals surface area contributed by atoms with Gasteiger partial charge in [0.1, 0.15) is 23.7 Å². The third-order valence-electron chi connectivity index (χ3n) is 15.6. The molecule has 0 aliphatic carbocycles. The van der Waals surface area contributed by atoms with Gasteiger partial charge in [-0.05, 0) is 181 Å². The van der Waals surface area contributed by atoms with Crippen molar-refractivity contribution in [1.29, 1.82) is 0 Å². The van der Waals surface area contributed by atoms with Crippen molar-refractivity contribution in [2.45, 2.75) is 246 Å². The third-order valence-corrected chi connectivity index (χ3v) is 15.6. The monoisotopic (exact) mass is 903 g/mol. The Bertz CT molecular complexity index is 1780. The summed E-state index contributed by atoms with van der Waals surface area (Å²) >= 11 is 0. The van der Waals surface area contributed by atoms with Crippen molar-refractivity contribution in [3.63, 3.8) is 0 Å². The molecule has 8 nitrogen and oxygen atoms in total. The van der Waals surface area contributed by atoms with Gasteiger partial charge in [-0.15, -0.1) is 0 Å². The first-order valence-electron chi connectivity index (χ1n) is 24.8. The van der Waals surface area contributed by atoms with Crippen LogP contribution in [0.25, 0.3) is 0 Å². The average Bonchev–Trinajstić information content (AvgIpc) is 3.12. The molecule has 0 bridgehead atoms. The van der Waals surface area contributed by atoms with E-state index in [-0.39, 0.29) is 45.5 Å². The number of piperidine rings is 2. The fraction of sp³-hybridized carbons (Fsp3) is 0.754. The summed E-state index contributed by atoms with van der Waals surface area (Å²) < 4.78 is 13.9. The molecule has 0 saturated carbocycles. The van der Waals surface area contributed by atoms with Gasteiger partial charge in [0, 0.05) is 34.0 Å². The van der Waals surface area contributed by atoms with Gasteiger partial charge in [-0.3, -0.25) is 19.4 Å². The predicted molar refractivity (Wildman–Crippen MR) is 269 cm³/mol. The number of carbonyl (C=O) groups excluding carboxylic acids is 2. The minimum atomic E-state index is -1.15. The smallest absolute Gasteiger partial charge is 0.320 e. The highest BCUT2D eigenvalue weighted by Gasteiger charge is 2.50. The van der Waals surface area contributed by atoms with Crippen molar-refractivity contribution in [2.24, 2.45) is 17.8 Å². The van der Waals surface area contributed by atoms with Crippen LogP contribution in [0.15, 0.2) is 24.3 Å². The Hall–Kier alpha value is -3.10. The van der Waals surface area contributed by atoms with Crippen molar-refractivity contribution in [3.8, 4) is 11.5 Å². The number of aromatic hydroxyl groups is 2. The molecule has 2 N–H and O–H groups in total. The molecule has 0 amide bonds. The van der Waals surface area contributed by atoms with Gasteiger partial charge in [-0.2, -0.15) is 0 Å². The number of carbonyl (C=O) groups is 2. The van der Waals surface area contributed by atoms with E-state index >= 15 is 9.59 Å². The van der Waals surface area contributed by atoms with E-state index in [1.807, 2.05) is 24.3 Å². The van der Waals surface area contributed by atoms with Crippen LogP contribution < -0.4 is 0 Å². The summed E-state index contributed by atoms with van der Waals surface area (Å²) in [6.07, 6.45) is 3.45. The number of nitrogens with zero attached hydrogens (tertiary/aromatic N) is 2. The van der Waals surface area contributed by atoms with E-state index in [2.05, 4.69) is 169 Å². The minimum Gasteiger partial charge on any atom is -0.507 e. The van der Waals surface area contributed by atoms with Crippen LogP contribution in [0.2, 0.25) is 0 Å². The van der Waals surface area contributed by atoms with Crippen LogP contribution in [0.1, 0.15) is 236 Å². The van der Waals surface area contributed by atoms with Gasteiger partial charge in [0.2, 0.25) is 0 Å². The largest absolute Gasteiger partial charge is 0.507 e. The van der Waals surface area contributed by atoms with Crippen LogP contribution in [-0.2, 0) is 40.7 Å². The standard InChI is InChI=1S/C57H94N2O6/c1-24-25-26-39(48(62)64-46(37-31-54(14,15)58(22)55(16,17)32-37)35-27-40(50(2,3)4)44(60)41(28-35)51(5,6)7)49(63)65-47(38-33-56(18,19)59(23)57(20,21)34-38)36-29-42(52(8,9)10)45(61)43(30-36)53(11,12)13/h27-30,37-39,46-47,60-61H,24-26,31-34H2,1-23H3. The number of benzene rings is 2. The molecule has 2 unspecified atom stereocenters. The first-order valence-corrected chi connectivity index (χ1v) is 24.8. The number of unbranched alkanes of at least 4 members (excludes halogenated alkanes) is 1. The molecule has 368 valence electrons. The molecule has 2 saturated heterocycles. The second kappa shape index (κ2) is 18.4. The molecule has 65 heavy (non-hydrogen) atoms. The molecule has 2 aromatic carbocycles. The van der Waals surface area contributed by atoms with Gasteiger partial charge >= 0.3 is 11.9 Å². The zero-order chi connectivity index (χ0) is 50.0. The number of ether oxygens (including phenoxy) is 2. The summed E-state index contributed by atoms with van der Waals surface area (Å²) in [6, 6.07) is 8.18. The van der Waals surface area contributed by atoms with Crippen LogP contribution in [0.4, 0.5) is 0 Å². The number of esters is 2. The van der Waals surface area contributed by atoms with Crippen LogP contribution in [0.5, 0.6) is 11.5 Å². The highest BCUT2D eigenvalue weighted by molar-refractivity contribution is 5.95. The van der Waals surface area contributed by atoms with Gasteiger partial charge in [-0.1, -0.05) is 103 Å². The van der Waals surface area contributed by atoms with Crippen molar-refractivity contribution in [2.75, 3.05) is 14.1 Å². The SMILES string of the molecule is CCCCC(C(=O)OC(c1cc(C(C)(C)C)c(O)c(C(C)(C)C)c1)C1CC(C)(C)N(C)C(C)(C)C1)C(=O)OC(c1cc(C(C)(C)C)c(O)c(C(C)(C)C)c1)C1CC(C)(C)N(C)C(C)(C)C1. The molecular weight excluding hydrogens is 809 g/mol. The van der Waals surface area contributed by atoms with Crippen LogP contribution >= 0.6 is 0 Å². The number of rotatable bonds is 11. The summed E-state index contributed by atoms with van der Waals surface area (Å²) in [7, 11) is 4.35. The van der Waals surface area contributed by atoms with Crippen molar-refractivity contribution >= 4 is 11.9 Å². The summed E-state index contributed by atoms with van der Waals surface area (Å²) in [4.78, 5) is 35.4. The van der Waals surface area contributed by atoms with E-state index in [0.29, 0.717) is 12.8 Å². The number of likely N-dealkylation sites (tertiary alicyclic amines) is 2. The molecule has 0 spiro atoms. The Morgan fingerprint density at radius 1 is 0.554 bits per heavy atom. The number of phenolic OH excluding ortho intramolecular Hbond substituents is 2. The van der Waals surface area contributed by atoms with Crippen molar-refractivity contribution in [3.05, 3.63) is 57.6 Å². The van der Waals surface area contributed by atoms with Crippen molar-refractivity contribution in [1.82, 2.24) is 9.80 Å². The molecule has 2 heterocycles. The third kappa shape index (κ3) is 12.0.